The number of rotatable bonds is 5. The number of hydrogen-bond acceptors (Lipinski definition) is 3. The number of carbonyl (C=O) groups is 1. The van der Waals surface area contributed by atoms with Crippen molar-refractivity contribution < 1.29 is 17.6 Å². The van der Waals surface area contributed by atoms with Crippen LogP contribution in [0.4, 0.5) is 4.39 Å². The van der Waals surface area contributed by atoms with Crippen molar-refractivity contribution >= 4 is 15.9 Å². The van der Waals surface area contributed by atoms with Crippen molar-refractivity contribution in [3.63, 3.8) is 0 Å². The van der Waals surface area contributed by atoms with Crippen molar-refractivity contribution in [2.75, 3.05) is 13.1 Å². The van der Waals surface area contributed by atoms with Crippen LogP contribution in [0.2, 0.25) is 0 Å². The van der Waals surface area contributed by atoms with Crippen molar-refractivity contribution in [1.29, 1.82) is 0 Å². The molecule has 1 aromatic carbocycles. The summed E-state index contributed by atoms with van der Waals surface area (Å²) in [6, 6.07) is 6.25. The Hall–Kier alpha value is -1.73. The molecule has 0 radical (unpaired) electrons. The molecule has 1 aliphatic heterocycles. The maximum absolute atomic E-state index is 12.6. The number of hydrogen-bond donors (Lipinski definition) is 1. The van der Waals surface area contributed by atoms with Gasteiger partial charge < -0.3 is 5.32 Å². The van der Waals surface area contributed by atoms with E-state index in [1.807, 2.05) is 6.92 Å². The molecule has 1 fully saturated rings. The largest absolute Gasteiger partial charge is 0.346 e. The van der Waals surface area contributed by atoms with Crippen LogP contribution < -0.4 is 5.32 Å². The lowest BCUT2D eigenvalue weighted by Crippen LogP contribution is -2.39. The third-order valence-corrected chi connectivity index (χ3v) is 5.76. The van der Waals surface area contributed by atoms with Crippen molar-refractivity contribution in [2.45, 2.75) is 31.2 Å². The Kier molecular flexibility index (Phi) is 5.54. The third kappa shape index (κ3) is 4.39. The van der Waals surface area contributed by atoms with E-state index in [9.17, 15) is 17.6 Å². The average molecular weight is 340 g/mol. The normalized spacial score (nSPS) is 19.3. The van der Waals surface area contributed by atoms with Gasteiger partial charge in [0, 0.05) is 19.6 Å². The Morgan fingerprint density at radius 1 is 1.39 bits per heavy atom. The van der Waals surface area contributed by atoms with E-state index in [0.717, 1.165) is 12.8 Å². The van der Waals surface area contributed by atoms with Gasteiger partial charge in [0.2, 0.25) is 10.0 Å². The highest BCUT2D eigenvalue weighted by Crippen LogP contribution is 2.23. The average Bonchev–Trinajstić information content (AvgIpc) is 2.53. The molecule has 126 valence electrons. The summed E-state index contributed by atoms with van der Waals surface area (Å²) in [5, 5.41) is 2.35. The minimum absolute atomic E-state index is 0.114. The predicted molar refractivity (Wildman–Crippen MR) is 85.7 cm³/mol. The monoisotopic (exact) mass is 340 g/mol. The quantitative estimate of drug-likeness (QED) is 0.836. The van der Waals surface area contributed by atoms with Gasteiger partial charge in [0.25, 0.3) is 5.91 Å². The Labute approximate surface area is 136 Å². The Morgan fingerprint density at radius 3 is 2.61 bits per heavy atom. The number of halogens is 1. The number of carbonyl (C=O) groups excluding carboxylic acids is 1. The van der Waals surface area contributed by atoms with E-state index in [0.29, 0.717) is 24.6 Å². The van der Waals surface area contributed by atoms with Crippen molar-refractivity contribution in [2.24, 2.45) is 5.92 Å². The van der Waals surface area contributed by atoms with Gasteiger partial charge >= 0.3 is 0 Å². The zero-order chi connectivity index (χ0) is 17.0. The molecule has 1 atom stereocenters. The molecule has 0 aliphatic carbocycles. The summed E-state index contributed by atoms with van der Waals surface area (Å²) < 4.78 is 39.3. The number of amides is 1. The van der Waals surface area contributed by atoms with Gasteiger partial charge in [0.15, 0.2) is 5.83 Å². The minimum Gasteiger partial charge on any atom is -0.346 e. The van der Waals surface area contributed by atoms with Gasteiger partial charge in [-0.2, -0.15) is 4.31 Å². The molecule has 7 heteroatoms. The van der Waals surface area contributed by atoms with Crippen LogP contribution in [0, 0.1) is 5.92 Å². The number of sulfonamides is 1. The van der Waals surface area contributed by atoms with Gasteiger partial charge in [-0.15, -0.1) is 0 Å². The minimum atomic E-state index is -3.48. The van der Waals surface area contributed by atoms with E-state index in [1.54, 1.807) is 12.1 Å². The van der Waals surface area contributed by atoms with Crippen LogP contribution in [0.1, 0.15) is 25.3 Å². The molecular weight excluding hydrogens is 319 g/mol. The molecule has 2 rings (SSSR count). The topological polar surface area (TPSA) is 66.5 Å². The first-order valence-corrected chi connectivity index (χ1v) is 8.96. The van der Waals surface area contributed by atoms with Gasteiger partial charge in [0.1, 0.15) is 0 Å². The Balaban J connectivity index is 2.06. The Morgan fingerprint density at radius 2 is 2.04 bits per heavy atom. The van der Waals surface area contributed by atoms with Crippen LogP contribution in [0.15, 0.2) is 41.6 Å². The van der Waals surface area contributed by atoms with Crippen molar-refractivity contribution in [3.05, 3.63) is 42.2 Å². The fraction of sp³-hybridized carbons (Fsp3) is 0.438. The molecule has 23 heavy (non-hydrogen) atoms. The summed E-state index contributed by atoms with van der Waals surface area (Å²) in [4.78, 5) is 11.3. The SMILES string of the molecule is C=C(F)C(=O)NCc1ccc(S(=O)(=O)N2CCCC(C)C2)cc1. The molecule has 0 spiro atoms. The number of nitrogens with one attached hydrogen (secondary N) is 1. The number of benzene rings is 1. The lowest BCUT2D eigenvalue weighted by atomic mass is 10.0. The molecule has 0 bridgehead atoms. The van der Waals surface area contributed by atoms with E-state index in [2.05, 4.69) is 11.9 Å². The molecule has 1 heterocycles. The van der Waals surface area contributed by atoms with Gasteiger partial charge in [-0.25, -0.2) is 12.8 Å². The highest BCUT2D eigenvalue weighted by atomic mass is 32.2. The first kappa shape index (κ1) is 17.6. The molecule has 1 amide bonds. The first-order valence-electron chi connectivity index (χ1n) is 7.52. The van der Waals surface area contributed by atoms with Crippen molar-refractivity contribution in [3.8, 4) is 0 Å². The third-order valence-electron chi connectivity index (χ3n) is 3.88. The molecule has 1 saturated heterocycles. The fourth-order valence-corrected chi connectivity index (χ4v) is 4.17. The fourth-order valence-electron chi connectivity index (χ4n) is 2.57. The van der Waals surface area contributed by atoms with Crippen LogP contribution in [0.25, 0.3) is 0 Å². The molecule has 1 unspecified atom stereocenters. The summed E-state index contributed by atoms with van der Waals surface area (Å²) in [5.41, 5.74) is 0.686. The lowest BCUT2D eigenvalue weighted by molar-refractivity contribution is -0.119. The molecule has 1 N–H and O–H groups in total. The second-order valence-electron chi connectivity index (χ2n) is 5.84. The van der Waals surface area contributed by atoms with Gasteiger partial charge in [-0.3, -0.25) is 4.79 Å². The van der Waals surface area contributed by atoms with E-state index >= 15 is 0 Å². The van der Waals surface area contributed by atoms with Crippen LogP contribution in [-0.4, -0.2) is 31.7 Å². The Bertz CT molecular complexity index is 686. The zero-order valence-electron chi connectivity index (χ0n) is 13.1. The van der Waals surface area contributed by atoms with E-state index in [4.69, 9.17) is 0 Å². The van der Waals surface area contributed by atoms with Gasteiger partial charge in [0.05, 0.1) is 4.90 Å². The molecule has 0 aromatic heterocycles. The standard InChI is InChI=1S/C16H21FN2O3S/c1-12-4-3-9-19(11-12)23(21,22)15-7-5-14(6-8-15)10-18-16(20)13(2)17/h5-8,12H,2-4,9-11H2,1H3,(H,18,20). The van der Waals surface area contributed by atoms with Crippen LogP contribution in [0.5, 0.6) is 0 Å². The highest BCUT2D eigenvalue weighted by Gasteiger charge is 2.28. The zero-order valence-corrected chi connectivity index (χ0v) is 13.9. The van der Waals surface area contributed by atoms with Crippen molar-refractivity contribution in [1.82, 2.24) is 9.62 Å². The molecule has 5 nitrogen and oxygen atoms in total. The van der Waals surface area contributed by atoms with Gasteiger partial charge in [-0.05, 0) is 36.5 Å². The summed E-state index contributed by atoms with van der Waals surface area (Å²) in [5.74, 6) is -1.56. The lowest BCUT2D eigenvalue weighted by Gasteiger charge is -2.30. The highest BCUT2D eigenvalue weighted by molar-refractivity contribution is 7.89. The first-order chi connectivity index (χ1) is 10.8. The number of nitrogens with zero attached hydrogens (tertiary/aromatic N) is 1. The summed E-state index contributed by atoms with van der Waals surface area (Å²) in [6.07, 6.45) is 1.92. The summed E-state index contributed by atoms with van der Waals surface area (Å²) in [7, 11) is -3.48. The summed E-state index contributed by atoms with van der Waals surface area (Å²) >= 11 is 0. The van der Waals surface area contributed by atoms with Crippen LogP contribution in [-0.2, 0) is 21.4 Å². The maximum Gasteiger partial charge on any atom is 0.279 e. The van der Waals surface area contributed by atoms with E-state index in [-0.39, 0.29) is 11.4 Å². The van der Waals surface area contributed by atoms with Crippen LogP contribution >= 0.6 is 0 Å². The maximum atomic E-state index is 12.6. The predicted octanol–water partition coefficient (Wildman–Crippen LogP) is 2.21. The smallest absolute Gasteiger partial charge is 0.279 e. The van der Waals surface area contributed by atoms with E-state index < -0.39 is 21.8 Å². The van der Waals surface area contributed by atoms with E-state index in [1.165, 1.54) is 16.4 Å². The molecule has 0 saturated carbocycles. The molecular formula is C16H21FN2O3S. The van der Waals surface area contributed by atoms with Crippen LogP contribution in [0.3, 0.4) is 0 Å². The molecule has 1 aromatic rings. The number of piperidine rings is 1. The second kappa shape index (κ2) is 7.23. The second-order valence-corrected chi connectivity index (χ2v) is 7.78. The molecule has 1 aliphatic rings. The summed E-state index contributed by atoms with van der Waals surface area (Å²) in [6.45, 7) is 6.15. The van der Waals surface area contributed by atoms with Gasteiger partial charge in [-0.1, -0.05) is 25.6 Å².